The second-order valence-electron chi connectivity index (χ2n) is 2.55. The summed E-state index contributed by atoms with van der Waals surface area (Å²) in [6.07, 6.45) is 1.70. The van der Waals surface area contributed by atoms with E-state index < -0.39 is 0 Å². The molecule has 2 aromatic rings. The van der Waals surface area contributed by atoms with Gasteiger partial charge in [-0.15, -0.1) is 0 Å². The fourth-order valence-electron chi connectivity index (χ4n) is 0.983. The highest BCUT2D eigenvalue weighted by molar-refractivity contribution is 7.21. The first-order valence-corrected chi connectivity index (χ1v) is 4.81. The van der Waals surface area contributed by atoms with Crippen LogP contribution in [0.5, 0.6) is 0 Å². The van der Waals surface area contributed by atoms with Crippen LogP contribution in [0.2, 0.25) is 0 Å². The lowest BCUT2D eigenvalue weighted by Crippen LogP contribution is -2.24. The van der Waals surface area contributed by atoms with Crippen molar-refractivity contribution in [3.63, 3.8) is 0 Å². The highest BCUT2D eigenvalue weighted by atomic mass is 32.1. The van der Waals surface area contributed by atoms with Gasteiger partial charge in [-0.25, -0.2) is 14.8 Å². The third-order valence-electron chi connectivity index (χ3n) is 1.61. The number of urea groups is 1. The molecule has 14 heavy (non-hydrogen) atoms. The molecule has 0 aliphatic carbocycles. The molecule has 0 bridgehead atoms. The number of carbonyl (C=O) groups excluding carboxylic acids is 1. The predicted octanol–water partition coefficient (Wildman–Crippen LogP) is 1.44. The molecule has 0 radical (unpaired) electrons. The van der Waals surface area contributed by atoms with Crippen LogP contribution in [0.3, 0.4) is 0 Å². The van der Waals surface area contributed by atoms with E-state index >= 15 is 0 Å². The van der Waals surface area contributed by atoms with Gasteiger partial charge < -0.3 is 5.32 Å². The third-order valence-corrected chi connectivity index (χ3v) is 2.51. The van der Waals surface area contributed by atoms with E-state index in [1.54, 1.807) is 13.2 Å². The predicted molar refractivity (Wildman–Crippen MR) is 55.5 cm³/mol. The van der Waals surface area contributed by atoms with Gasteiger partial charge in [0.15, 0.2) is 5.13 Å². The van der Waals surface area contributed by atoms with Crippen molar-refractivity contribution in [1.82, 2.24) is 15.3 Å². The summed E-state index contributed by atoms with van der Waals surface area (Å²) in [6, 6.07) is 3.39. The zero-order chi connectivity index (χ0) is 9.97. The normalized spacial score (nSPS) is 10.1. The maximum Gasteiger partial charge on any atom is 0.320 e. The van der Waals surface area contributed by atoms with Crippen LogP contribution in [0, 0.1) is 0 Å². The molecular formula is C8H8N4OS. The first-order valence-electron chi connectivity index (χ1n) is 4.00. The Labute approximate surface area is 84.2 Å². The summed E-state index contributed by atoms with van der Waals surface area (Å²) in [6.45, 7) is 0. The first kappa shape index (κ1) is 8.89. The smallest absolute Gasteiger partial charge is 0.320 e. The Balaban J connectivity index is 2.31. The minimum absolute atomic E-state index is 0.274. The monoisotopic (exact) mass is 208 g/mol. The van der Waals surface area contributed by atoms with Crippen LogP contribution in [0.1, 0.15) is 0 Å². The highest BCUT2D eigenvalue weighted by Crippen LogP contribution is 2.22. The van der Waals surface area contributed by atoms with Crippen molar-refractivity contribution in [2.24, 2.45) is 0 Å². The zero-order valence-corrected chi connectivity index (χ0v) is 8.26. The average molecular weight is 208 g/mol. The van der Waals surface area contributed by atoms with Crippen LogP contribution in [0.4, 0.5) is 9.93 Å². The number of amides is 2. The number of thiazole rings is 1. The summed E-state index contributed by atoms with van der Waals surface area (Å²) >= 11 is 1.35. The molecule has 0 spiro atoms. The summed E-state index contributed by atoms with van der Waals surface area (Å²) in [5.74, 6) is 0. The summed E-state index contributed by atoms with van der Waals surface area (Å²) in [7, 11) is 1.56. The van der Waals surface area contributed by atoms with E-state index in [0.29, 0.717) is 5.13 Å². The number of nitrogens with one attached hydrogen (secondary N) is 2. The van der Waals surface area contributed by atoms with Crippen molar-refractivity contribution in [3.05, 3.63) is 18.3 Å². The van der Waals surface area contributed by atoms with E-state index in [1.165, 1.54) is 11.3 Å². The number of pyridine rings is 1. The zero-order valence-electron chi connectivity index (χ0n) is 7.44. The van der Waals surface area contributed by atoms with Gasteiger partial charge in [-0.05, 0) is 12.1 Å². The van der Waals surface area contributed by atoms with E-state index in [4.69, 9.17) is 0 Å². The fraction of sp³-hybridized carbons (Fsp3) is 0.125. The van der Waals surface area contributed by atoms with Crippen molar-refractivity contribution in [1.29, 1.82) is 0 Å². The molecule has 0 unspecified atom stereocenters. The molecule has 0 aliphatic heterocycles. The van der Waals surface area contributed by atoms with E-state index in [1.807, 2.05) is 12.1 Å². The maximum atomic E-state index is 11.0. The third kappa shape index (κ3) is 1.64. The van der Waals surface area contributed by atoms with Crippen LogP contribution in [0.25, 0.3) is 10.3 Å². The van der Waals surface area contributed by atoms with Gasteiger partial charge in [0.1, 0.15) is 10.3 Å². The van der Waals surface area contributed by atoms with Crippen molar-refractivity contribution in [2.45, 2.75) is 0 Å². The molecular weight excluding hydrogens is 200 g/mol. The number of fused-ring (bicyclic) bond motifs is 1. The van der Waals surface area contributed by atoms with E-state index in [-0.39, 0.29) is 6.03 Å². The molecule has 6 heteroatoms. The Morgan fingerprint density at radius 1 is 1.57 bits per heavy atom. The number of carbonyl (C=O) groups is 1. The Morgan fingerprint density at radius 3 is 3.14 bits per heavy atom. The molecule has 2 amide bonds. The quantitative estimate of drug-likeness (QED) is 0.745. The molecule has 0 atom stereocenters. The number of nitrogens with zero attached hydrogens (tertiary/aromatic N) is 2. The lowest BCUT2D eigenvalue weighted by atomic mass is 10.5. The minimum Gasteiger partial charge on any atom is -0.341 e. The second kappa shape index (κ2) is 3.59. The second-order valence-corrected chi connectivity index (χ2v) is 3.53. The average Bonchev–Trinajstić information content (AvgIpc) is 2.59. The Hall–Kier alpha value is -1.69. The van der Waals surface area contributed by atoms with Gasteiger partial charge in [-0.2, -0.15) is 0 Å². The number of hydrogen-bond donors (Lipinski definition) is 2. The van der Waals surface area contributed by atoms with Gasteiger partial charge in [0.2, 0.25) is 0 Å². The standard InChI is InChI=1S/C8H8N4OS/c1-9-7(13)12-8-11-5-3-2-4-10-6(5)14-8/h2-4H,1H3,(H2,9,11,12,13). The van der Waals surface area contributed by atoms with Crippen LogP contribution in [0.15, 0.2) is 18.3 Å². The van der Waals surface area contributed by atoms with Gasteiger partial charge in [-0.3, -0.25) is 5.32 Å². The molecule has 5 nitrogen and oxygen atoms in total. The van der Waals surface area contributed by atoms with Crippen LogP contribution in [-0.2, 0) is 0 Å². The molecule has 0 aliphatic rings. The van der Waals surface area contributed by atoms with Crippen LogP contribution < -0.4 is 10.6 Å². The van der Waals surface area contributed by atoms with Crippen molar-refractivity contribution in [2.75, 3.05) is 12.4 Å². The number of anilines is 1. The lowest BCUT2D eigenvalue weighted by molar-refractivity contribution is 0.254. The van der Waals surface area contributed by atoms with Crippen molar-refractivity contribution < 1.29 is 4.79 Å². The SMILES string of the molecule is CNC(=O)Nc1nc2cccnc2s1. The van der Waals surface area contributed by atoms with E-state index in [0.717, 1.165) is 10.3 Å². The molecule has 2 aromatic heterocycles. The molecule has 0 aromatic carbocycles. The first-order chi connectivity index (χ1) is 6.79. The molecule has 72 valence electrons. The number of hydrogen-bond acceptors (Lipinski definition) is 4. The molecule has 2 heterocycles. The lowest BCUT2D eigenvalue weighted by Gasteiger charge is -1.96. The minimum atomic E-state index is -0.274. The van der Waals surface area contributed by atoms with Gasteiger partial charge in [0.05, 0.1) is 0 Å². The van der Waals surface area contributed by atoms with E-state index in [9.17, 15) is 4.79 Å². The Morgan fingerprint density at radius 2 is 2.43 bits per heavy atom. The largest absolute Gasteiger partial charge is 0.341 e. The van der Waals surface area contributed by atoms with Crippen molar-refractivity contribution >= 4 is 32.8 Å². The van der Waals surface area contributed by atoms with Crippen LogP contribution >= 0.6 is 11.3 Å². The summed E-state index contributed by atoms with van der Waals surface area (Å²) in [4.78, 5) is 20.1. The van der Waals surface area contributed by atoms with Gasteiger partial charge in [0.25, 0.3) is 0 Å². The van der Waals surface area contributed by atoms with E-state index in [2.05, 4.69) is 20.6 Å². The Kier molecular flexibility index (Phi) is 2.28. The molecule has 0 saturated carbocycles. The van der Waals surface area contributed by atoms with Crippen molar-refractivity contribution in [3.8, 4) is 0 Å². The summed E-state index contributed by atoms with van der Waals surface area (Å²) < 4.78 is 0. The van der Waals surface area contributed by atoms with Gasteiger partial charge >= 0.3 is 6.03 Å². The topological polar surface area (TPSA) is 66.9 Å². The van der Waals surface area contributed by atoms with Crippen LogP contribution in [-0.4, -0.2) is 23.0 Å². The number of aromatic nitrogens is 2. The fourth-order valence-corrected chi connectivity index (χ4v) is 1.79. The molecule has 2 rings (SSSR count). The highest BCUT2D eigenvalue weighted by Gasteiger charge is 2.05. The Bertz CT molecular complexity index is 434. The molecule has 0 fully saturated rings. The summed E-state index contributed by atoms with van der Waals surface area (Å²) in [5, 5.41) is 5.61. The molecule has 0 saturated heterocycles. The molecule has 2 N–H and O–H groups in total. The maximum absolute atomic E-state index is 11.0. The summed E-state index contributed by atoms with van der Waals surface area (Å²) in [5.41, 5.74) is 0.795. The van der Waals surface area contributed by atoms with Gasteiger partial charge in [0, 0.05) is 13.2 Å². The number of rotatable bonds is 1. The van der Waals surface area contributed by atoms with Gasteiger partial charge in [-0.1, -0.05) is 11.3 Å².